The van der Waals surface area contributed by atoms with E-state index in [1.165, 1.54) is 0 Å². The van der Waals surface area contributed by atoms with Crippen molar-refractivity contribution in [3.05, 3.63) is 35.8 Å². The lowest BCUT2D eigenvalue weighted by atomic mass is 9.48. The Kier molecular flexibility index (Phi) is 3.83. The Morgan fingerprint density at radius 1 is 1.30 bits per heavy atom. The third-order valence-electron chi connectivity index (χ3n) is 6.56. The number of aryl methyl sites for hydroxylation is 1. The Labute approximate surface area is 138 Å². The predicted octanol–water partition coefficient (Wildman–Crippen LogP) is 4.30. The average Bonchev–Trinajstić information content (AvgIpc) is 2.99. The summed E-state index contributed by atoms with van der Waals surface area (Å²) in [5, 5.41) is 11.7. The molecule has 1 aromatic heterocycles. The number of hydrogen-bond acceptors (Lipinski definition) is 3. The van der Waals surface area contributed by atoms with Crippen LogP contribution in [0.1, 0.15) is 58.9 Å². The summed E-state index contributed by atoms with van der Waals surface area (Å²) in [7, 11) is 0. The average molecular weight is 316 g/mol. The van der Waals surface area contributed by atoms with Gasteiger partial charge in [0.25, 0.3) is 0 Å². The van der Waals surface area contributed by atoms with E-state index in [1.807, 2.05) is 19.1 Å². The molecule has 2 aliphatic rings. The number of aliphatic hydroxyl groups is 1. The van der Waals surface area contributed by atoms with Gasteiger partial charge in [0, 0.05) is 11.3 Å². The second kappa shape index (κ2) is 5.34. The van der Waals surface area contributed by atoms with Gasteiger partial charge in [0.2, 0.25) is 0 Å². The molecule has 0 aromatic carbocycles. The summed E-state index contributed by atoms with van der Waals surface area (Å²) in [4.78, 5) is 12.6. The molecular weight excluding hydrogens is 288 g/mol. The molecule has 0 amide bonds. The van der Waals surface area contributed by atoms with E-state index in [9.17, 15) is 9.90 Å². The van der Waals surface area contributed by atoms with Crippen LogP contribution in [0.3, 0.4) is 0 Å². The van der Waals surface area contributed by atoms with Gasteiger partial charge in [-0.05, 0) is 48.8 Å². The van der Waals surface area contributed by atoms with Crippen LogP contribution in [0.25, 0.3) is 0 Å². The van der Waals surface area contributed by atoms with Crippen LogP contribution in [0.2, 0.25) is 0 Å². The Hall–Kier alpha value is -1.35. The minimum absolute atomic E-state index is 0.0214. The molecule has 1 fully saturated rings. The lowest BCUT2D eigenvalue weighted by Crippen LogP contribution is -2.60. The van der Waals surface area contributed by atoms with Gasteiger partial charge in [0.1, 0.15) is 0 Å². The van der Waals surface area contributed by atoms with E-state index in [0.717, 1.165) is 36.8 Å². The van der Waals surface area contributed by atoms with Gasteiger partial charge in [0.15, 0.2) is 5.78 Å². The van der Waals surface area contributed by atoms with Gasteiger partial charge < -0.3 is 9.52 Å². The van der Waals surface area contributed by atoms with Crippen LogP contribution in [0.5, 0.6) is 0 Å². The van der Waals surface area contributed by atoms with E-state index >= 15 is 0 Å². The lowest BCUT2D eigenvalue weighted by Gasteiger charge is -2.58. The number of furan rings is 1. The standard InChI is InChI=1S/C20H28O3/c1-14-16(21)12-17-18(2,3)8-5-9-19(17,4)20(14,22)10-6-15-7-11-23-13-15/h7,11-14,22H,5-6,8-10H2,1-4H3/t14-,19+,20-/m1/s1. The van der Waals surface area contributed by atoms with Crippen LogP contribution in [0, 0.1) is 16.7 Å². The minimum atomic E-state index is -0.997. The minimum Gasteiger partial charge on any atom is -0.472 e. The summed E-state index contributed by atoms with van der Waals surface area (Å²) in [5.74, 6) is -0.292. The maximum atomic E-state index is 12.6. The number of hydrogen-bond donors (Lipinski definition) is 1. The van der Waals surface area contributed by atoms with Crippen molar-refractivity contribution >= 4 is 5.78 Å². The van der Waals surface area contributed by atoms with Crippen molar-refractivity contribution in [1.82, 2.24) is 0 Å². The molecule has 3 nitrogen and oxygen atoms in total. The van der Waals surface area contributed by atoms with Gasteiger partial charge in [-0.1, -0.05) is 39.7 Å². The third-order valence-corrected chi connectivity index (χ3v) is 6.56. The van der Waals surface area contributed by atoms with Crippen LogP contribution in [-0.2, 0) is 11.2 Å². The zero-order valence-corrected chi connectivity index (χ0v) is 14.7. The highest BCUT2D eigenvalue weighted by molar-refractivity contribution is 5.95. The van der Waals surface area contributed by atoms with Gasteiger partial charge in [-0.25, -0.2) is 0 Å². The van der Waals surface area contributed by atoms with E-state index in [-0.39, 0.29) is 22.5 Å². The molecule has 3 heteroatoms. The number of ketones is 1. The fourth-order valence-electron chi connectivity index (χ4n) is 4.95. The van der Waals surface area contributed by atoms with Crippen LogP contribution in [0.15, 0.2) is 34.7 Å². The molecule has 126 valence electrons. The molecule has 0 bridgehead atoms. The first kappa shape index (κ1) is 16.5. The van der Waals surface area contributed by atoms with Crippen molar-refractivity contribution in [3.8, 4) is 0 Å². The summed E-state index contributed by atoms with van der Waals surface area (Å²) in [6, 6.07) is 1.93. The van der Waals surface area contributed by atoms with Crippen molar-refractivity contribution in [3.63, 3.8) is 0 Å². The van der Waals surface area contributed by atoms with Crippen LogP contribution in [-0.4, -0.2) is 16.5 Å². The molecule has 23 heavy (non-hydrogen) atoms. The summed E-state index contributed by atoms with van der Waals surface area (Å²) < 4.78 is 5.14. The number of carbonyl (C=O) groups excluding carboxylic acids is 1. The molecule has 0 unspecified atom stereocenters. The van der Waals surface area contributed by atoms with E-state index in [2.05, 4.69) is 20.8 Å². The molecule has 1 aromatic rings. The molecular formula is C20H28O3. The Balaban J connectivity index is 2.00. The van der Waals surface area contributed by atoms with E-state index in [1.54, 1.807) is 12.5 Å². The molecule has 1 N–H and O–H groups in total. The van der Waals surface area contributed by atoms with Gasteiger partial charge >= 0.3 is 0 Å². The summed E-state index contributed by atoms with van der Waals surface area (Å²) in [5.41, 5.74) is 0.878. The molecule has 1 saturated carbocycles. The topological polar surface area (TPSA) is 50.4 Å². The van der Waals surface area contributed by atoms with Crippen LogP contribution < -0.4 is 0 Å². The smallest absolute Gasteiger partial charge is 0.161 e. The normalized spacial score (nSPS) is 36.5. The summed E-state index contributed by atoms with van der Waals surface area (Å²) in [6.07, 6.45) is 9.66. The van der Waals surface area contributed by atoms with Gasteiger partial charge in [-0.15, -0.1) is 0 Å². The Morgan fingerprint density at radius 2 is 2.04 bits per heavy atom. The SMILES string of the molecule is C[C@@H]1C(=O)C=C2C(C)(C)CCC[C@]2(C)[C@@]1(O)CCc1ccoc1. The van der Waals surface area contributed by atoms with E-state index in [4.69, 9.17) is 4.42 Å². The molecule has 2 aliphatic carbocycles. The second-order valence-electron chi connectivity index (χ2n) is 8.31. The van der Waals surface area contributed by atoms with Gasteiger partial charge in [0.05, 0.1) is 18.1 Å². The van der Waals surface area contributed by atoms with Crippen molar-refractivity contribution < 1.29 is 14.3 Å². The van der Waals surface area contributed by atoms with Crippen molar-refractivity contribution in [2.75, 3.05) is 0 Å². The number of rotatable bonds is 3. The number of fused-ring (bicyclic) bond motifs is 1. The van der Waals surface area contributed by atoms with E-state index in [0.29, 0.717) is 6.42 Å². The van der Waals surface area contributed by atoms with Gasteiger partial charge in [-0.3, -0.25) is 4.79 Å². The van der Waals surface area contributed by atoms with Gasteiger partial charge in [-0.2, -0.15) is 0 Å². The Morgan fingerprint density at radius 3 is 2.70 bits per heavy atom. The maximum absolute atomic E-state index is 12.6. The monoisotopic (exact) mass is 316 g/mol. The first-order chi connectivity index (χ1) is 10.7. The second-order valence-corrected chi connectivity index (χ2v) is 8.31. The summed E-state index contributed by atoms with van der Waals surface area (Å²) >= 11 is 0. The zero-order valence-electron chi connectivity index (χ0n) is 14.7. The molecule has 3 rings (SSSR count). The largest absolute Gasteiger partial charge is 0.472 e. The lowest BCUT2D eigenvalue weighted by molar-refractivity contribution is -0.152. The fourth-order valence-corrected chi connectivity index (χ4v) is 4.95. The first-order valence-electron chi connectivity index (χ1n) is 8.71. The molecule has 0 radical (unpaired) electrons. The van der Waals surface area contributed by atoms with Crippen LogP contribution >= 0.6 is 0 Å². The van der Waals surface area contributed by atoms with E-state index < -0.39 is 5.60 Å². The van der Waals surface area contributed by atoms with Crippen molar-refractivity contribution in [2.24, 2.45) is 16.7 Å². The molecule has 0 aliphatic heterocycles. The van der Waals surface area contributed by atoms with Crippen molar-refractivity contribution in [1.29, 1.82) is 0 Å². The van der Waals surface area contributed by atoms with Crippen LogP contribution in [0.4, 0.5) is 0 Å². The quantitative estimate of drug-likeness (QED) is 0.904. The van der Waals surface area contributed by atoms with Crippen molar-refractivity contribution in [2.45, 2.75) is 65.4 Å². The predicted molar refractivity (Wildman–Crippen MR) is 90.0 cm³/mol. The maximum Gasteiger partial charge on any atom is 0.161 e. The number of carbonyl (C=O) groups is 1. The molecule has 1 heterocycles. The summed E-state index contributed by atoms with van der Waals surface area (Å²) in [6.45, 7) is 8.46. The molecule has 0 saturated heterocycles. The first-order valence-corrected chi connectivity index (χ1v) is 8.71. The highest BCUT2D eigenvalue weighted by atomic mass is 16.3. The number of allylic oxidation sites excluding steroid dienone is 1. The highest BCUT2D eigenvalue weighted by Gasteiger charge is 2.59. The fraction of sp³-hybridized carbons (Fsp3) is 0.650. The Bertz CT molecular complexity index is 625. The third kappa shape index (κ3) is 2.40. The molecule has 3 atom stereocenters. The molecule has 0 spiro atoms. The highest BCUT2D eigenvalue weighted by Crippen LogP contribution is 2.60. The zero-order chi connectivity index (χ0) is 16.9.